The molecule has 39 heavy (non-hydrogen) atoms. The first kappa shape index (κ1) is 30.2. The third-order valence-electron chi connectivity index (χ3n) is 6.10. The number of nitrogens with zero attached hydrogens (tertiary/aromatic N) is 5. The summed E-state index contributed by atoms with van der Waals surface area (Å²) in [4.78, 5) is 20.8. The molecule has 4 aromatic rings. The summed E-state index contributed by atoms with van der Waals surface area (Å²) in [5.41, 5.74) is 2.91. The molecule has 1 N–H and O–H groups in total. The van der Waals surface area contributed by atoms with Crippen molar-refractivity contribution in [3.63, 3.8) is 0 Å². The van der Waals surface area contributed by atoms with Gasteiger partial charge in [-0.2, -0.15) is 0 Å². The van der Waals surface area contributed by atoms with Gasteiger partial charge in [0.05, 0.1) is 11.4 Å². The molecule has 1 aliphatic heterocycles. The maximum Gasteiger partial charge on any atom is 0.132 e. The number of aromatic nitrogens is 4. The monoisotopic (exact) mass is 569 g/mol. The smallest absolute Gasteiger partial charge is 0.132 e. The normalized spacial score (nSPS) is 14.4. The van der Waals surface area contributed by atoms with Crippen LogP contribution in [0.2, 0.25) is 0 Å². The van der Waals surface area contributed by atoms with Crippen molar-refractivity contribution in [2.45, 2.75) is 30.6 Å². The summed E-state index contributed by atoms with van der Waals surface area (Å²) < 4.78 is 33.7. The summed E-state index contributed by atoms with van der Waals surface area (Å²) in [6.07, 6.45) is 6.45. The van der Waals surface area contributed by atoms with E-state index in [4.69, 9.17) is 9.97 Å². The standard InChI is InChI=1S/C22H25FN6.C6H6O2S.ClH/c1-16(17-2-4-18(23)5-3-17)12-21-27-19(13-20-15-25-6-7-26-20)14-22(28-21)29-10-8-24-9-11-29;7-9(8)6-4-2-1-3-5-6;/h2-7,14-16,24H,8-13H2,1H3;1-5H,(H,7,8);1H/p-1/t16-;;/m1../s1. The molecule has 0 spiro atoms. The molecule has 0 saturated carbocycles. The van der Waals surface area contributed by atoms with Crippen LogP contribution in [0.4, 0.5) is 10.2 Å². The summed E-state index contributed by atoms with van der Waals surface area (Å²) in [5, 5.41) is 3.38. The molecular formula is C28H31ClFN6O2S-. The van der Waals surface area contributed by atoms with Crippen molar-refractivity contribution in [1.82, 2.24) is 25.3 Å². The van der Waals surface area contributed by atoms with E-state index in [1.807, 2.05) is 12.1 Å². The number of hydrogen-bond acceptors (Lipinski definition) is 8. The van der Waals surface area contributed by atoms with Crippen molar-refractivity contribution < 1.29 is 13.2 Å². The molecule has 0 amide bonds. The highest BCUT2D eigenvalue weighted by atomic mass is 35.5. The molecule has 0 radical (unpaired) electrons. The number of halogens is 2. The zero-order valence-electron chi connectivity index (χ0n) is 21.6. The summed E-state index contributed by atoms with van der Waals surface area (Å²) >= 11 is -2.08. The number of nitrogens with one attached hydrogen (secondary N) is 1. The van der Waals surface area contributed by atoms with E-state index in [9.17, 15) is 13.2 Å². The fraction of sp³-hybridized carbons (Fsp3) is 0.286. The molecule has 1 fully saturated rings. The molecule has 0 bridgehead atoms. The van der Waals surface area contributed by atoms with E-state index in [0.717, 1.165) is 54.8 Å². The lowest BCUT2D eigenvalue weighted by atomic mass is 9.97. The van der Waals surface area contributed by atoms with E-state index in [0.29, 0.717) is 17.7 Å². The predicted molar refractivity (Wildman–Crippen MR) is 151 cm³/mol. The van der Waals surface area contributed by atoms with Gasteiger partial charge in [-0.15, -0.1) is 12.4 Å². The minimum absolute atomic E-state index is 0. The Morgan fingerprint density at radius 1 is 1.03 bits per heavy atom. The van der Waals surface area contributed by atoms with E-state index in [1.165, 1.54) is 12.1 Å². The van der Waals surface area contributed by atoms with Crippen LogP contribution in [0, 0.1) is 5.82 Å². The Labute approximate surface area is 236 Å². The van der Waals surface area contributed by atoms with Gasteiger partial charge in [-0.05, 0) is 46.8 Å². The number of benzene rings is 2. The Hall–Kier alpha value is -3.31. The van der Waals surface area contributed by atoms with Crippen molar-refractivity contribution >= 4 is 29.3 Å². The maximum absolute atomic E-state index is 13.2. The SMILES string of the molecule is C[C@H](Cc1nc(Cc2cnccn2)cc(N2CCNCC2)n1)c1ccc(F)cc1.Cl.O=S([O-])c1ccccc1. The zero-order valence-corrected chi connectivity index (χ0v) is 23.2. The molecule has 2 aromatic carbocycles. The van der Waals surface area contributed by atoms with Crippen LogP contribution in [0.1, 0.15) is 35.6 Å². The van der Waals surface area contributed by atoms with E-state index in [2.05, 4.69) is 33.2 Å². The molecule has 0 aliphatic carbocycles. The fourth-order valence-electron chi connectivity index (χ4n) is 4.10. The van der Waals surface area contributed by atoms with Crippen LogP contribution in [0.3, 0.4) is 0 Å². The van der Waals surface area contributed by atoms with Crippen molar-refractivity contribution in [3.05, 3.63) is 108 Å². The molecule has 8 nitrogen and oxygen atoms in total. The molecule has 1 unspecified atom stereocenters. The van der Waals surface area contributed by atoms with E-state index >= 15 is 0 Å². The van der Waals surface area contributed by atoms with Crippen LogP contribution in [-0.4, -0.2) is 54.9 Å². The average Bonchev–Trinajstić information content (AvgIpc) is 2.95. The molecule has 206 valence electrons. The van der Waals surface area contributed by atoms with Gasteiger partial charge < -0.3 is 14.8 Å². The lowest BCUT2D eigenvalue weighted by Gasteiger charge is -2.29. The quantitative estimate of drug-likeness (QED) is 0.332. The van der Waals surface area contributed by atoms with Crippen LogP contribution >= 0.6 is 12.4 Å². The van der Waals surface area contributed by atoms with Gasteiger partial charge in [-0.25, -0.2) is 14.4 Å². The molecule has 1 saturated heterocycles. The average molecular weight is 570 g/mol. The second-order valence-electron chi connectivity index (χ2n) is 8.95. The highest BCUT2D eigenvalue weighted by Crippen LogP contribution is 2.22. The molecule has 5 rings (SSSR count). The van der Waals surface area contributed by atoms with Gasteiger partial charge in [0.2, 0.25) is 0 Å². The van der Waals surface area contributed by atoms with E-state index in [-0.39, 0.29) is 24.1 Å². The summed E-state index contributed by atoms with van der Waals surface area (Å²) in [7, 11) is 0. The maximum atomic E-state index is 13.2. The van der Waals surface area contributed by atoms with Gasteiger partial charge >= 0.3 is 0 Å². The highest BCUT2D eigenvalue weighted by molar-refractivity contribution is 7.79. The Bertz CT molecular complexity index is 1310. The third-order valence-corrected chi connectivity index (χ3v) is 6.75. The number of anilines is 1. The molecule has 2 aromatic heterocycles. The largest absolute Gasteiger partial charge is 0.768 e. The van der Waals surface area contributed by atoms with Gasteiger partial charge in [0.25, 0.3) is 0 Å². The highest BCUT2D eigenvalue weighted by Gasteiger charge is 2.17. The third kappa shape index (κ3) is 9.43. The molecule has 3 heterocycles. The first-order chi connectivity index (χ1) is 18.5. The van der Waals surface area contributed by atoms with Crippen LogP contribution in [0.15, 0.2) is 84.1 Å². The van der Waals surface area contributed by atoms with Gasteiger partial charge in [0.15, 0.2) is 0 Å². The predicted octanol–water partition coefficient (Wildman–Crippen LogP) is 4.10. The number of piperazine rings is 1. The summed E-state index contributed by atoms with van der Waals surface area (Å²) in [5.74, 6) is 1.74. The lowest BCUT2D eigenvalue weighted by Crippen LogP contribution is -2.44. The Kier molecular flexibility index (Phi) is 11.9. The molecule has 2 atom stereocenters. The molecule has 11 heteroatoms. The van der Waals surface area contributed by atoms with Crippen molar-refractivity contribution in [3.8, 4) is 0 Å². The van der Waals surface area contributed by atoms with Gasteiger partial charge in [-0.1, -0.05) is 37.3 Å². The fourth-order valence-corrected chi connectivity index (χ4v) is 4.48. The minimum atomic E-state index is -2.08. The lowest BCUT2D eigenvalue weighted by molar-refractivity contribution is 0.537. The second kappa shape index (κ2) is 15.3. The Balaban J connectivity index is 0.000000359. The van der Waals surface area contributed by atoms with E-state index < -0.39 is 11.1 Å². The van der Waals surface area contributed by atoms with Gasteiger partial charge in [0.1, 0.15) is 17.5 Å². The number of hydrogen-bond donors (Lipinski definition) is 1. The Morgan fingerprint density at radius 3 is 2.36 bits per heavy atom. The van der Waals surface area contributed by atoms with Crippen LogP contribution in [0.5, 0.6) is 0 Å². The van der Waals surface area contributed by atoms with E-state index in [1.54, 1.807) is 48.9 Å². The zero-order chi connectivity index (χ0) is 26.7. The molecule has 1 aliphatic rings. The first-order valence-corrected chi connectivity index (χ1v) is 13.5. The first-order valence-electron chi connectivity index (χ1n) is 12.4. The van der Waals surface area contributed by atoms with Crippen molar-refractivity contribution in [2.75, 3.05) is 31.1 Å². The summed E-state index contributed by atoms with van der Waals surface area (Å²) in [6, 6.07) is 17.0. The van der Waals surface area contributed by atoms with Crippen molar-refractivity contribution in [2.24, 2.45) is 0 Å². The van der Waals surface area contributed by atoms with Crippen LogP contribution in [0.25, 0.3) is 0 Å². The van der Waals surface area contributed by atoms with Crippen molar-refractivity contribution in [1.29, 1.82) is 0 Å². The molecular weight excluding hydrogens is 539 g/mol. The second-order valence-corrected chi connectivity index (χ2v) is 9.89. The van der Waals surface area contributed by atoms with Crippen LogP contribution < -0.4 is 10.2 Å². The minimum Gasteiger partial charge on any atom is -0.768 e. The number of rotatable bonds is 7. The van der Waals surface area contributed by atoms with Crippen LogP contribution in [-0.2, 0) is 23.9 Å². The summed E-state index contributed by atoms with van der Waals surface area (Å²) in [6.45, 7) is 5.87. The van der Waals surface area contributed by atoms with Gasteiger partial charge in [0, 0.05) is 68.6 Å². The Morgan fingerprint density at radius 2 is 1.74 bits per heavy atom. The van der Waals surface area contributed by atoms with Gasteiger partial charge in [-0.3, -0.25) is 14.2 Å². The topological polar surface area (TPSA) is 107 Å².